The number of hydrogen-bond acceptors (Lipinski definition) is 10. The first-order chi connectivity index (χ1) is 16.7. The number of rotatable bonds is 5. The van der Waals surface area contributed by atoms with E-state index in [1.165, 1.54) is 18.5 Å². The second kappa shape index (κ2) is 8.91. The van der Waals surface area contributed by atoms with Crippen molar-refractivity contribution >= 4 is 28.4 Å². The average molecular weight is 468 g/mol. The molecule has 2 aromatic heterocycles. The van der Waals surface area contributed by atoms with Gasteiger partial charge in [-0.3, -0.25) is 0 Å². The van der Waals surface area contributed by atoms with Gasteiger partial charge in [0.1, 0.15) is 47.5 Å². The number of hydrogen-bond donors (Lipinski definition) is 3. The number of fused-ring (bicyclic) bond motifs is 2. The molecule has 3 saturated heterocycles. The molecular weight excluding hydrogens is 443 g/mol. The number of pyridine rings is 1. The Labute approximate surface area is 195 Å². The molecule has 2 unspecified atom stereocenters. The first kappa shape index (κ1) is 21.4. The SMILES string of the molecule is O[C@H]1COC2C1OC[C@@H]2Oc1cc(F)ccc1Nc1ncnc2ccc(N3CCNCC3)nc12. The van der Waals surface area contributed by atoms with Crippen molar-refractivity contribution in [3.8, 4) is 5.75 Å². The lowest BCUT2D eigenvalue weighted by Crippen LogP contribution is -2.43. The van der Waals surface area contributed by atoms with Crippen LogP contribution in [0.1, 0.15) is 0 Å². The lowest BCUT2D eigenvalue weighted by molar-refractivity contribution is 0.00871. The lowest BCUT2D eigenvalue weighted by Gasteiger charge is -2.28. The van der Waals surface area contributed by atoms with Crippen molar-refractivity contribution in [3.05, 3.63) is 42.5 Å². The Morgan fingerprint density at radius 1 is 1.09 bits per heavy atom. The topological polar surface area (TPSA) is 114 Å². The van der Waals surface area contributed by atoms with E-state index in [0.717, 1.165) is 32.0 Å². The maximum atomic E-state index is 14.1. The smallest absolute Gasteiger partial charge is 0.160 e. The summed E-state index contributed by atoms with van der Waals surface area (Å²) in [7, 11) is 0. The van der Waals surface area contributed by atoms with Gasteiger partial charge in [0.05, 0.1) is 24.4 Å². The van der Waals surface area contributed by atoms with Crippen LogP contribution in [0, 0.1) is 5.82 Å². The number of aliphatic hydroxyl groups is 1. The van der Waals surface area contributed by atoms with Crippen molar-refractivity contribution in [2.75, 3.05) is 49.6 Å². The monoisotopic (exact) mass is 468 g/mol. The molecule has 178 valence electrons. The van der Waals surface area contributed by atoms with Crippen LogP contribution in [0.3, 0.4) is 0 Å². The highest BCUT2D eigenvalue weighted by Crippen LogP contribution is 2.35. The van der Waals surface area contributed by atoms with E-state index in [1.54, 1.807) is 6.07 Å². The Hall–Kier alpha value is -3.12. The molecule has 0 radical (unpaired) electrons. The summed E-state index contributed by atoms with van der Waals surface area (Å²) < 4.78 is 31.5. The molecule has 0 saturated carbocycles. The summed E-state index contributed by atoms with van der Waals surface area (Å²) in [6.07, 6.45) is -0.539. The predicted octanol–water partition coefficient (Wildman–Crippen LogP) is 1.22. The van der Waals surface area contributed by atoms with E-state index in [-0.39, 0.29) is 13.2 Å². The molecule has 1 aromatic carbocycles. The maximum absolute atomic E-state index is 14.1. The Bertz CT molecular complexity index is 1190. The molecule has 3 N–H and O–H groups in total. The molecule has 0 amide bonds. The zero-order valence-corrected chi connectivity index (χ0v) is 18.4. The molecule has 3 fully saturated rings. The Morgan fingerprint density at radius 2 is 1.94 bits per heavy atom. The fourth-order valence-electron chi connectivity index (χ4n) is 4.62. The summed E-state index contributed by atoms with van der Waals surface area (Å²) in [6.45, 7) is 3.98. The highest BCUT2D eigenvalue weighted by molar-refractivity contribution is 5.88. The highest BCUT2D eigenvalue weighted by Gasteiger charge is 2.48. The molecule has 34 heavy (non-hydrogen) atoms. The van der Waals surface area contributed by atoms with Gasteiger partial charge in [0.25, 0.3) is 0 Å². The van der Waals surface area contributed by atoms with Gasteiger partial charge in [0.15, 0.2) is 11.9 Å². The second-order valence-corrected chi connectivity index (χ2v) is 8.58. The minimum atomic E-state index is -0.688. The molecule has 11 heteroatoms. The third-order valence-electron chi connectivity index (χ3n) is 6.37. The van der Waals surface area contributed by atoms with Crippen LogP contribution in [0.5, 0.6) is 5.75 Å². The molecule has 10 nitrogen and oxygen atoms in total. The van der Waals surface area contributed by atoms with Crippen molar-refractivity contribution in [2.24, 2.45) is 0 Å². The third-order valence-corrected chi connectivity index (χ3v) is 6.37. The largest absolute Gasteiger partial charge is 0.483 e. The zero-order chi connectivity index (χ0) is 23.1. The molecule has 3 aliphatic heterocycles. The quantitative estimate of drug-likeness (QED) is 0.505. The summed E-state index contributed by atoms with van der Waals surface area (Å²) in [6, 6.07) is 8.14. The first-order valence-corrected chi connectivity index (χ1v) is 11.4. The summed E-state index contributed by atoms with van der Waals surface area (Å²) in [5, 5.41) is 16.6. The van der Waals surface area contributed by atoms with Crippen LogP contribution in [0.25, 0.3) is 11.0 Å². The van der Waals surface area contributed by atoms with Gasteiger partial charge in [-0.25, -0.2) is 19.3 Å². The fraction of sp³-hybridized carbons (Fsp3) is 0.435. The molecule has 5 heterocycles. The van der Waals surface area contributed by atoms with E-state index in [4.69, 9.17) is 19.2 Å². The number of nitrogens with zero attached hydrogens (tertiary/aromatic N) is 4. The summed E-state index contributed by atoms with van der Waals surface area (Å²) in [4.78, 5) is 15.8. The minimum absolute atomic E-state index is 0.192. The van der Waals surface area contributed by atoms with Crippen LogP contribution < -0.4 is 20.3 Å². The van der Waals surface area contributed by atoms with Gasteiger partial charge in [-0.15, -0.1) is 0 Å². The molecule has 3 aromatic rings. The molecule has 0 aliphatic carbocycles. The Morgan fingerprint density at radius 3 is 2.82 bits per heavy atom. The zero-order valence-electron chi connectivity index (χ0n) is 18.4. The number of aliphatic hydroxyl groups excluding tert-OH is 1. The predicted molar refractivity (Wildman–Crippen MR) is 122 cm³/mol. The lowest BCUT2D eigenvalue weighted by atomic mass is 10.1. The molecule has 0 bridgehead atoms. The van der Waals surface area contributed by atoms with E-state index >= 15 is 0 Å². The van der Waals surface area contributed by atoms with Gasteiger partial charge in [-0.05, 0) is 24.3 Å². The van der Waals surface area contributed by atoms with Crippen LogP contribution >= 0.6 is 0 Å². The Kier molecular flexibility index (Phi) is 5.61. The van der Waals surface area contributed by atoms with Gasteiger partial charge >= 0.3 is 0 Å². The van der Waals surface area contributed by atoms with Crippen LogP contribution in [0.2, 0.25) is 0 Å². The number of anilines is 3. The first-order valence-electron chi connectivity index (χ1n) is 11.4. The van der Waals surface area contributed by atoms with Crippen molar-refractivity contribution in [3.63, 3.8) is 0 Å². The number of nitrogens with one attached hydrogen (secondary N) is 2. The van der Waals surface area contributed by atoms with Gasteiger partial charge < -0.3 is 34.9 Å². The van der Waals surface area contributed by atoms with Crippen LogP contribution in [-0.4, -0.2) is 83.9 Å². The maximum Gasteiger partial charge on any atom is 0.160 e. The summed E-state index contributed by atoms with van der Waals surface area (Å²) in [5.74, 6) is 1.21. The van der Waals surface area contributed by atoms with Gasteiger partial charge in [0, 0.05) is 32.2 Å². The van der Waals surface area contributed by atoms with Crippen LogP contribution in [-0.2, 0) is 9.47 Å². The number of aromatic nitrogens is 3. The number of piperazine rings is 1. The standard InChI is InChI=1S/C23H25FN6O4/c24-13-1-2-14(17(9-13)34-18-11-33-21-16(31)10-32-22(18)21)28-23-20-15(26-12-27-23)3-4-19(29-20)30-7-5-25-6-8-30/h1-4,9,12,16,18,21-22,25,31H,5-8,10-11H2,(H,26,27,28)/t16-,18-,21?,22?/m0/s1. The van der Waals surface area contributed by atoms with Gasteiger partial charge in [-0.2, -0.15) is 0 Å². The fourth-order valence-corrected chi connectivity index (χ4v) is 4.62. The van der Waals surface area contributed by atoms with Gasteiger partial charge in [-0.1, -0.05) is 0 Å². The molecule has 4 atom stereocenters. The molecular formula is C23H25FN6O4. The normalized spacial score (nSPS) is 26.6. The average Bonchev–Trinajstić information content (AvgIpc) is 3.44. The summed E-state index contributed by atoms with van der Waals surface area (Å²) >= 11 is 0. The van der Waals surface area contributed by atoms with E-state index in [0.29, 0.717) is 28.3 Å². The van der Waals surface area contributed by atoms with Crippen LogP contribution in [0.15, 0.2) is 36.7 Å². The minimum Gasteiger partial charge on any atom is -0.483 e. The van der Waals surface area contributed by atoms with Crippen LogP contribution in [0.4, 0.5) is 21.7 Å². The van der Waals surface area contributed by atoms with Crippen molar-refractivity contribution in [1.29, 1.82) is 0 Å². The molecule has 3 aliphatic rings. The van der Waals surface area contributed by atoms with Crippen molar-refractivity contribution < 1.29 is 23.7 Å². The van der Waals surface area contributed by atoms with E-state index in [2.05, 4.69) is 25.5 Å². The number of benzene rings is 1. The van der Waals surface area contributed by atoms with E-state index in [1.807, 2.05) is 12.1 Å². The third kappa shape index (κ3) is 4.00. The molecule has 0 spiro atoms. The molecule has 6 rings (SSSR count). The highest BCUT2D eigenvalue weighted by atomic mass is 19.1. The Balaban J connectivity index is 1.30. The summed E-state index contributed by atoms with van der Waals surface area (Å²) in [5.41, 5.74) is 1.83. The van der Waals surface area contributed by atoms with Crippen molar-refractivity contribution in [2.45, 2.75) is 24.4 Å². The van der Waals surface area contributed by atoms with E-state index < -0.39 is 30.2 Å². The van der Waals surface area contributed by atoms with Crippen molar-refractivity contribution in [1.82, 2.24) is 20.3 Å². The number of ether oxygens (including phenoxy) is 3. The van der Waals surface area contributed by atoms with E-state index in [9.17, 15) is 9.50 Å². The van der Waals surface area contributed by atoms with Gasteiger partial charge in [0.2, 0.25) is 0 Å². The second-order valence-electron chi connectivity index (χ2n) is 8.58. The number of halogens is 1.